The summed E-state index contributed by atoms with van der Waals surface area (Å²) < 4.78 is 8.45. The Kier molecular flexibility index (Phi) is 7.97. The summed E-state index contributed by atoms with van der Waals surface area (Å²) in [5, 5.41) is 2.16. The van der Waals surface area contributed by atoms with E-state index in [1.165, 1.54) is 0 Å². The predicted octanol–water partition coefficient (Wildman–Crippen LogP) is 8.95. The maximum atomic E-state index is 6.28. The third-order valence-corrected chi connectivity index (χ3v) is 7.17. The molecule has 0 atom stereocenters. The molecule has 0 unspecified atom stereocenters. The van der Waals surface area contributed by atoms with E-state index >= 15 is 0 Å². The molecule has 43 heavy (non-hydrogen) atoms. The van der Waals surface area contributed by atoms with Gasteiger partial charge < -0.3 is 14.0 Å². The number of aryl methyl sites for hydroxylation is 2. The van der Waals surface area contributed by atoms with E-state index in [1.54, 1.807) is 6.20 Å². The number of imidazole rings is 1. The second-order valence-electron chi connectivity index (χ2n) is 10.0. The molecule has 0 N–H and O–H groups in total. The smallest absolute Gasteiger partial charge is 0.120 e. The van der Waals surface area contributed by atoms with E-state index in [4.69, 9.17) is 9.40 Å². The van der Waals surface area contributed by atoms with Gasteiger partial charge in [0.25, 0.3) is 0 Å². The van der Waals surface area contributed by atoms with E-state index in [0.717, 1.165) is 72.7 Å². The Bertz CT molecular complexity index is 2120. The minimum atomic E-state index is 0. The number of hydrogen-bond donors (Lipinski definition) is 0. The van der Waals surface area contributed by atoms with E-state index in [9.17, 15) is 0 Å². The van der Waals surface area contributed by atoms with Gasteiger partial charge in [-0.2, -0.15) is 0 Å². The number of pyridine rings is 2. The molecule has 4 heterocycles. The Morgan fingerprint density at radius 1 is 0.721 bits per heavy atom. The molecule has 6 heteroatoms. The summed E-state index contributed by atoms with van der Waals surface area (Å²) in [6.07, 6.45) is 1.79. The van der Waals surface area contributed by atoms with Gasteiger partial charge in [0.15, 0.2) is 0 Å². The summed E-state index contributed by atoms with van der Waals surface area (Å²) in [7, 11) is 0. The van der Waals surface area contributed by atoms with Crippen molar-refractivity contribution in [1.29, 1.82) is 0 Å². The minimum absolute atomic E-state index is 0. The van der Waals surface area contributed by atoms with E-state index in [1.807, 2.05) is 98.8 Å². The van der Waals surface area contributed by atoms with Gasteiger partial charge in [-0.1, -0.05) is 59.5 Å². The van der Waals surface area contributed by atoms with E-state index in [-0.39, 0.29) is 20.1 Å². The standard InChI is InChI=1S/C26H18N3O.C11H8N.Ir/c1-16-15-22-24(17(2)27-16)28-26(29(22)18-9-4-3-5-10-18)21-13-8-12-20-19-11-6-7-14-23(19)30-25(20)21;1-2-6-10(7-3-1)11-8-4-5-9-12-11;/h3-12,14-15H,1-2H3;1-6,8-9H;/q2*-1;. The Morgan fingerprint density at radius 2 is 1.51 bits per heavy atom. The van der Waals surface area contributed by atoms with Gasteiger partial charge in [0.2, 0.25) is 0 Å². The van der Waals surface area contributed by atoms with Gasteiger partial charge >= 0.3 is 0 Å². The van der Waals surface area contributed by atoms with Crippen LogP contribution in [0.3, 0.4) is 0 Å². The maximum absolute atomic E-state index is 6.28. The molecular formula is C37H26IrN4O-2. The summed E-state index contributed by atoms with van der Waals surface area (Å²) in [6.45, 7) is 4.02. The summed E-state index contributed by atoms with van der Waals surface area (Å²) in [6, 6.07) is 44.7. The molecule has 4 aromatic heterocycles. The number of para-hydroxylation sites is 2. The molecular weight excluding hydrogens is 709 g/mol. The molecule has 8 rings (SSSR count). The van der Waals surface area contributed by atoms with Gasteiger partial charge in [-0.05, 0) is 49.9 Å². The van der Waals surface area contributed by atoms with Crippen LogP contribution in [0.25, 0.3) is 61.3 Å². The first-order valence-electron chi connectivity index (χ1n) is 13.8. The fourth-order valence-electron chi connectivity index (χ4n) is 5.32. The van der Waals surface area contributed by atoms with Gasteiger partial charge in [-0.3, -0.25) is 9.97 Å². The molecule has 8 aromatic rings. The molecule has 0 saturated heterocycles. The third-order valence-electron chi connectivity index (χ3n) is 7.17. The third kappa shape index (κ3) is 5.39. The van der Waals surface area contributed by atoms with Crippen molar-refractivity contribution in [1.82, 2.24) is 19.5 Å². The van der Waals surface area contributed by atoms with Crippen LogP contribution >= 0.6 is 0 Å². The van der Waals surface area contributed by atoms with E-state index < -0.39 is 0 Å². The summed E-state index contributed by atoms with van der Waals surface area (Å²) >= 11 is 0. The largest absolute Gasteiger partial charge is 0.501 e. The van der Waals surface area contributed by atoms with Crippen LogP contribution in [0, 0.1) is 26.0 Å². The van der Waals surface area contributed by atoms with E-state index in [2.05, 4.69) is 57.0 Å². The fraction of sp³-hybridized carbons (Fsp3) is 0.0541. The molecule has 0 aliphatic carbocycles. The first-order valence-corrected chi connectivity index (χ1v) is 13.8. The Morgan fingerprint density at radius 3 is 2.30 bits per heavy atom. The van der Waals surface area contributed by atoms with Crippen molar-refractivity contribution >= 4 is 33.0 Å². The second kappa shape index (κ2) is 12.1. The molecule has 5 nitrogen and oxygen atoms in total. The number of furan rings is 1. The normalized spacial score (nSPS) is 10.8. The molecule has 4 aromatic carbocycles. The quantitative estimate of drug-likeness (QED) is 0.170. The number of nitrogens with zero attached hydrogens (tertiary/aromatic N) is 4. The molecule has 0 fully saturated rings. The van der Waals surface area contributed by atoms with Gasteiger partial charge in [0, 0.05) is 43.1 Å². The van der Waals surface area contributed by atoms with Crippen molar-refractivity contribution in [3.8, 4) is 28.3 Å². The SMILES string of the molecule is Cc1cc2c(nc(-c3[c-]ccc4c3oc3ccccc34)n2-c2ccccc2)c(C)n1.[Ir].[c-]1ccccc1-c1ccccn1. The zero-order valence-corrected chi connectivity index (χ0v) is 26.0. The van der Waals surface area contributed by atoms with Crippen molar-refractivity contribution in [2.75, 3.05) is 0 Å². The Labute approximate surface area is 263 Å². The number of rotatable bonds is 3. The topological polar surface area (TPSA) is 56.7 Å². The Hall–Kier alpha value is -4.90. The van der Waals surface area contributed by atoms with Crippen molar-refractivity contribution in [2.24, 2.45) is 0 Å². The van der Waals surface area contributed by atoms with Crippen LogP contribution in [-0.4, -0.2) is 19.5 Å². The first kappa shape index (κ1) is 28.2. The molecule has 0 spiro atoms. The van der Waals surface area contributed by atoms with Gasteiger partial charge in [0.05, 0.1) is 28.1 Å². The van der Waals surface area contributed by atoms with Gasteiger partial charge in [0.1, 0.15) is 5.58 Å². The van der Waals surface area contributed by atoms with Crippen LogP contribution in [0.5, 0.6) is 0 Å². The number of benzene rings is 4. The Balaban J connectivity index is 0.000000213. The van der Waals surface area contributed by atoms with Crippen LogP contribution < -0.4 is 0 Å². The van der Waals surface area contributed by atoms with Crippen LogP contribution in [0.2, 0.25) is 0 Å². The van der Waals surface area contributed by atoms with Gasteiger partial charge in [-0.25, -0.2) is 0 Å². The molecule has 0 bridgehead atoms. The van der Waals surface area contributed by atoms with Crippen LogP contribution in [0.15, 0.2) is 126 Å². The summed E-state index contributed by atoms with van der Waals surface area (Å²) in [5.74, 6) is 0.802. The molecule has 0 aliphatic heterocycles. The van der Waals surface area contributed by atoms with Crippen LogP contribution in [-0.2, 0) is 20.1 Å². The average Bonchev–Trinajstić information content (AvgIpc) is 3.62. The molecule has 0 aliphatic rings. The van der Waals surface area contributed by atoms with Crippen molar-refractivity contribution in [3.05, 3.63) is 145 Å². The number of fused-ring (bicyclic) bond motifs is 4. The zero-order chi connectivity index (χ0) is 28.5. The molecule has 0 saturated carbocycles. The molecule has 1 radical (unpaired) electrons. The first-order chi connectivity index (χ1) is 20.7. The molecule has 211 valence electrons. The van der Waals surface area contributed by atoms with E-state index in [0.29, 0.717) is 0 Å². The average molecular weight is 735 g/mol. The maximum Gasteiger partial charge on any atom is 0.120 e. The summed E-state index contributed by atoms with van der Waals surface area (Å²) in [4.78, 5) is 13.9. The van der Waals surface area contributed by atoms with Crippen molar-refractivity contribution in [2.45, 2.75) is 13.8 Å². The predicted molar refractivity (Wildman–Crippen MR) is 168 cm³/mol. The van der Waals surface area contributed by atoms with Crippen LogP contribution in [0.4, 0.5) is 0 Å². The zero-order valence-electron chi connectivity index (χ0n) is 23.6. The van der Waals surface area contributed by atoms with Crippen LogP contribution in [0.1, 0.15) is 11.4 Å². The van der Waals surface area contributed by atoms with Crippen molar-refractivity contribution in [3.63, 3.8) is 0 Å². The fourth-order valence-corrected chi connectivity index (χ4v) is 5.32. The van der Waals surface area contributed by atoms with Crippen molar-refractivity contribution < 1.29 is 24.5 Å². The number of aromatic nitrogens is 4. The van der Waals surface area contributed by atoms with Gasteiger partial charge in [-0.15, -0.1) is 54.1 Å². The monoisotopic (exact) mass is 735 g/mol. The number of hydrogen-bond acceptors (Lipinski definition) is 4. The minimum Gasteiger partial charge on any atom is -0.501 e. The summed E-state index contributed by atoms with van der Waals surface area (Å²) in [5.41, 5.74) is 9.37. The molecule has 0 amide bonds. The second-order valence-corrected chi connectivity index (χ2v) is 10.0.